The van der Waals surface area contributed by atoms with Crippen molar-refractivity contribution < 1.29 is 9.59 Å². The van der Waals surface area contributed by atoms with E-state index in [0.717, 1.165) is 51.6 Å². The van der Waals surface area contributed by atoms with Crippen LogP contribution in [0.2, 0.25) is 0 Å². The highest BCUT2D eigenvalue weighted by molar-refractivity contribution is 5.89. The Morgan fingerprint density at radius 3 is 2.81 bits per heavy atom. The van der Waals surface area contributed by atoms with Crippen LogP contribution >= 0.6 is 0 Å². The molecule has 3 fully saturated rings. The molecule has 144 valence electrons. The third kappa shape index (κ3) is 2.96. The van der Waals surface area contributed by atoms with Gasteiger partial charge in [0.2, 0.25) is 11.8 Å². The predicted molar refractivity (Wildman–Crippen MR) is 103 cm³/mol. The maximum Gasteiger partial charge on any atom is 0.243 e. The topological polar surface area (TPSA) is 61.4 Å². The Labute approximate surface area is 160 Å². The van der Waals surface area contributed by atoms with E-state index in [9.17, 15) is 9.59 Å². The van der Waals surface area contributed by atoms with Gasteiger partial charge in [-0.1, -0.05) is 24.3 Å². The summed E-state index contributed by atoms with van der Waals surface area (Å²) >= 11 is 0. The fourth-order valence-corrected chi connectivity index (χ4v) is 6.01. The van der Waals surface area contributed by atoms with Crippen LogP contribution in [0.4, 0.5) is 0 Å². The van der Waals surface area contributed by atoms with Crippen molar-refractivity contribution in [1.82, 2.24) is 15.5 Å². The molecule has 5 rings (SSSR count). The molecule has 27 heavy (non-hydrogen) atoms. The van der Waals surface area contributed by atoms with Crippen LogP contribution < -0.4 is 10.6 Å². The van der Waals surface area contributed by atoms with Gasteiger partial charge in [-0.05, 0) is 62.1 Å². The van der Waals surface area contributed by atoms with Crippen molar-refractivity contribution in [3.05, 3.63) is 35.4 Å². The van der Waals surface area contributed by atoms with E-state index in [2.05, 4.69) is 34.9 Å². The van der Waals surface area contributed by atoms with Gasteiger partial charge >= 0.3 is 0 Å². The van der Waals surface area contributed by atoms with Crippen LogP contribution in [0, 0.1) is 11.8 Å². The number of fused-ring (bicyclic) bond motifs is 5. The Morgan fingerprint density at radius 2 is 1.89 bits per heavy atom. The molecule has 2 amide bonds. The summed E-state index contributed by atoms with van der Waals surface area (Å²) in [6.45, 7) is 1.82. The van der Waals surface area contributed by atoms with Crippen molar-refractivity contribution in [2.45, 2.75) is 63.1 Å². The van der Waals surface area contributed by atoms with Crippen LogP contribution in [0.5, 0.6) is 0 Å². The predicted octanol–water partition coefficient (Wildman–Crippen LogP) is 2.17. The number of carbonyl (C=O) groups excluding carboxylic acids is 2. The largest absolute Gasteiger partial charge is 0.347 e. The van der Waals surface area contributed by atoms with E-state index in [1.54, 1.807) is 0 Å². The first-order valence-corrected chi connectivity index (χ1v) is 10.6. The lowest BCUT2D eigenvalue weighted by molar-refractivity contribution is -0.157. The van der Waals surface area contributed by atoms with Crippen LogP contribution in [-0.2, 0) is 16.0 Å². The summed E-state index contributed by atoms with van der Waals surface area (Å²) in [5.41, 5.74) is 2.61. The van der Waals surface area contributed by atoms with Crippen molar-refractivity contribution in [2.24, 2.45) is 11.8 Å². The molecule has 0 radical (unpaired) electrons. The number of hydrogen-bond donors (Lipinski definition) is 2. The average molecular weight is 367 g/mol. The van der Waals surface area contributed by atoms with Gasteiger partial charge in [0.15, 0.2) is 0 Å². The molecule has 2 bridgehead atoms. The molecular formula is C22H29N3O2. The Bertz CT molecular complexity index is 749. The van der Waals surface area contributed by atoms with Gasteiger partial charge in [0, 0.05) is 24.9 Å². The molecule has 5 atom stereocenters. The second kappa shape index (κ2) is 6.93. The molecule has 0 unspecified atom stereocenters. The summed E-state index contributed by atoms with van der Waals surface area (Å²) in [7, 11) is 0. The highest BCUT2D eigenvalue weighted by Gasteiger charge is 2.50. The Morgan fingerprint density at radius 1 is 1.07 bits per heavy atom. The molecule has 2 N–H and O–H groups in total. The second-order valence-electron chi connectivity index (χ2n) is 8.77. The summed E-state index contributed by atoms with van der Waals surface area (Å²) in [5.74, 6) is 0.990. The SMILES string of the molecule is O=C(N[C@H]1CCCc2ccccc21)[C@H]1[C@@H]2CNC[C@@H](C2)[C@@H]2CCCC(=O)N21. The molecule has 0 saturated carbocycles. The lowest BCUT2D eigenvalue weighted by Crippen LogP contribution is -2.68. The lowest BCUT2D eigenvalue weighted by atomic mass is 9.72. The number of nitrogens with zero attached hydrogens (tertiary/aromatic N) is 1. The molecular weight excluding hydrogens is 338 g/mol. The van der Waals surface area contributed by atoms with Gasteiger partial charge in [-0.25, -0.2) is 0 Å². The summed E-state index contributed by atoms with van der Waals surface area (Å²) < 4.78 is 0. The minimum atomic E-state index is -0.305. The maximum atomic E-state index is 13.4. The number of carbonyl (C=O) groups is 2. The van der Waals surface area contributed by atoms with E-state index >= 15 is 0 Å². The summed E-state index contributed by atoms with van der Waals surface area (Å²) in [6, 6.07) is 8.47. The normalized spacial score (nSPS) is 35.2. The fraction of sp³-hybridized carbons (Fsp3) is 0.636. The number of aryl methyl sites for hydroxylation is 1. The first kappa shape index (κ1) is 17.2. The van der Waals surface area contributed by atoms with E-state index in [0.29, 0.717) is 12.3 Å². The first-order chi connectivity index (χ1) is 13.2. The molecule has 1 aromatic rings. The maximum absolute atomic E-state index is 13.4. The van der Waals surface area contributed by atoms with Crippen molar-refractivity contribution in [2.75, 3.05) is 13.1 Å². The summed E-state index contributed by atoms with van der Waals surface area (Å²) in [4.78, 5) is 28.2. The molecule has 0 aromatic heterocycles. The molecule has 3 aliphatic heterocycles. The molecule has 1 aromatic carbocycles. The lowest BCUT2D eigenvalue weighted by Gasteiger charge is -2.54. The van der Waals surface area contributed by atoms with Crippen molar-refractivity contribution in [1.29, 1.82) is 0 Å². The fourth-order valence-electron chi connectivity index (χ4n) is 6.01. The molecule has 3 saturated heterocycles. The quantitative estimate of drug-likeness (QED) is 0.842. The third-order valence-electron chi connectivity index (χ3n) is 7.20. The smallest absolute Gasteiger partial charge is 0.243 e. The molecule has 3 heterocycles. The van der Waals surface area contributed by atoms with Crippen LogP contribution in [0.3, 0.4) is 0 Å². The number of amides is 2. The molecule has 5 heteroatoms. The minimum absolute atomic E-state index is 0.0594. The van der Waals surface area contributed by atoms with Crippen LogP contribution in [-0.4, -0.2) is 41.9 Å². The van der Waals surface area contributed by atoms with E-state index in [1.807, 2.05) is 4.90 Å². The van der Waals surface area contributed by atoms with Crippen molar-refractivity contribution in [3.63, 3.8) is 0 Å². The van der Waals surface area contributed by atoms with Crippen molar-refractivity contribution >= 4 is 11.8 Å². The zero-order valence-corrected chi connectivity index (χ0v) is 15.8. The van der Waals surface area contributed by atoms with Gasteiger partial charge in [0.05, 0.1) is 6.04 Å². The molecule has 4 aliphatic rings. The van der Waals surface area contributed by atoms with Gasteiger partial charge < -0.3 is 15.5 Å². The van der Waals surface area contributed by atoms with E-state index in [1.165, 1.54) is 11.1 Å². The minimum Gasteiger partial charge on any atom is -0.347 e. The van der Waals surface area contributed by atoms with Crippen LogP contribution in [0.15, 0.2) is 24.3 Å². The monoisotopic (exact) mass is 367 g/mol. The number of nitrogens with one attached hydrogen (secondary N) is 2. The number of rotatable bonds is 2. The van der Waals surface area contributed by atoms with E-state index < -0.39 is 0 Å². The van der Waals surface area contributed by atoms with Crippen LogP contribution in [0.1, 0.15) is 55.7 Å². The van der Waals surface area contributed by atoms with Crippen molar-refractivity contribution in [3.8, 4) is 0 Å². The van der Waals surface area contributed by atoms with Crippen LogP contribution in [0.25, 0.3) is 0 Å². The number of piperidine rings is 3. The van der Waals surface area contributed by atoms with Gasteiger partial charge in [-0.2, -0.15) is 0 Å². The molecule has 5 nitrogen and oxygen atoms in total. The van der Waals surface area contributed by atoms with Gasteiger partial charge in [0.25, 0.3) is 0 Å². The summed E-state index contributed by atoms with van der Waals surface area (Å²) in [5, 5.41) is 6.86. The highest BCUT2D eigenvalue weighted by atomic mass is 16.2. The van der Waals surface area contributed by atoms with Gasteiger partial charge in [0.1, 0.15) is 6.04 Å². The average Bonchev–Trinajstić information content (AvgIpc) is 2.69. The Kier molecular flexibility index (Phi) is 4.43. The van der Waals surface area contributed by atoms with Gasteiger partial charge in [-0.15, -0.1) is 0 Å². The highest BCUT2D eigenvalue weighted by Crippen LogP contribution is 2.40. The standard InChI is InChI=1S/C22H29N3O2/c26-20-10-4-9-19-15-11-16(13-23-12-15)21(25(19)20)22(27)24-18-8-3-6-14-5-1-2-7-17(14)18/h1-2,5,7,15-16,18-19,21,23H,3-4,6,8-13H2,(H,24,27)/t15-,16+,18+,19+,21-/m1/s1. The number of hydrogen-bond acceptors (Lipinski definition) is 3. The first-order valence-electron chi connectivity index (χ1n) is 10.6. The molecule has 1 aliphatic carbocycles. The zero-order valence-electron chi connectivity index (χ0n) is 15.8. The molecule has 0 spiro atoms. The second-order valence-corrected chi connectivity index (χ2v) is 8.77. The van der Waals surface area contributed by atoms with Gasteiger partial charge in [-0.3, -0.25) is 9.59 Å². The zero-order chi connectivity index (χ0) is 18.4. The number of benzene rings is 1. The summed E-state index contributed by atoms with van der Waals surface area (Å²) in [6.07, 6.45) is 6.85. The van der Waals surface area contributed by atoms with E-state index in [4.69, 9.17) is 0 Å². The third-order valence-corrected chi connectivity index (χ3v) is 7.20. The Hall–Kier alpha value is -1.88. The Balaban J connectivity index is 1.41. The van der Waals surface area contributed by atoms with E-state index in [-0.39, 0.29) is 35.9 Å².